The van der Waals surface area contributed by atoms with Gasteiger partial charge in [-0.05, 0) is 44.2 Å². The first-order chi connectivity index (χ1) is 15.8. The van der Waals surface area contributed by atoms with Gasteiger partial charge in [-0.15, -0.1) is 0 Å². The zero-order valence-electron chi connectivity index (χ0n) is 18.8. The van der Waals surface area contributed by atoms with Crippen molar-refractivity contribution < 1.29 is 17.9 Å². The van der Waals surface area contributed by atoms with Crippen LogP contribution in [0.5, 0.6) is 5.75 Å². The second-order valence-electron chi connectivity index (χ2n) is 8.27. The van der Waals surface area contributed by atoms with Gasteiger partial charge in [-0.2, -0.15) is 0 Å². The molecule has 0 aliphatic carbocycles. The Labute approximate surface area is 195 Å². The van der Waals surface area contributed by atoms with E-state index in [1.54, 1.807) is 36.4 Å². The minimum Gasteiger partial charge on any atom is -0.493 e. The number of para-hydroxylation sites is 1. The number of hydrogen-bond donors (Lipinski definition) is 1. The van der Waals surface area contributed by atoms with Crippen LogP contribution in [0.1, 0.15) is 35.6 Å². The zero-order chi connectivity index (χ0) is 23.4. The van der Waals surface area contributed by atoms with Gasteiger partial charge in [-0.3, -0.25) is 9.10 Å². The number of aryl methyl sites for hydroxylation is 2. The summed E-state index contributed by atoms with van der Waals surface area (Å²) in [5, 5.41) is 3.05. The molecule has 172 valence electrons. The highest BCUT2D eigenvalue weighted by atomic mass is 32.2. The molecule has 1 atom stereocenters. The van der Waals surface area contributed by atoms with Gasteiger partial charge in [-0.1, -0.05) is 53.6 Å². The molecule has 6 nitrogen and oxygen atoms in total. The number of amides is 1. The average Bonchev–Trinajstić information content (AvgIpc) is 2.81. The van der Waals surface area contributed by atoms with Gasteiger partial charge in [-0.25, -0.2) is 8.42 Å². The van der Waals surface area contributed by atoms with E-state index in [1.165, 1.54) is 4.31 Å². The Morgan fingerprint density at radius 3 is 2.30 bits per heavy atom. The lowest BCUT2D eigenvalue weighted by molar-refractivity contribution is -0.121. The summed E-state index contributed by atoms with van der Waals surface area (Å²) >= 11 is 0. The lowest BCUT2D eigenvalue weighted by atomic mass is 10.0. The molecule has 3 aromatic carbocycles. The van der Waals surface area contributed by atoms with Crippen LogP contribution in [0.15, 0.2) is 77.7 Å². The van der Waals surface area contributed by atoms with Crippen LogP contribution >= 0.6 is 0 Å². The molecule has 3 aromatic rings. The molecule has 0 aromatic heterocycles. The molecular weight excluding hydrogens is 436 g/mol. The molecule has 0 spiro atoms. The van der Waals surface area contributed by atoms with Crippen molar-refractivity contribution in [3.8, 4) is 5.75 Å². The summed E-state index contributed by atoms with van der Waals surface area (Å²) in [5.41, 5.74) is 3.49. The van der Waals surface area contributed by atoms with E-state index in [1.807, 2.05) is 50.2 Å². The first-order valence-corrected chi connectivity index (χ1v) is 12.5. The fourth-order valence-corrected chi connectivity index (χ4v) is 5.36. The topological polar surface area (TPSA) is 75.7 Å². The quantitative estimate of drug-likeness (QED) is 0.558. The van der Waals surface area contributed by atoms with E-state index >= 15 is 0 Å². The number of benzene rings is 3. The van der Waals surface area contributed by atoms with Crippen LogP contribution < -0.4 is 14.4 Å². The third-order valence-corrected chi connectivity index (χ3v) is 7.61. The summed E-state index contributed by atoms with van der Waals surface area (Å²) in [6, 6.07) is 21.5. The molecule has 1 heterocycles. The van der Waals surface area contributed by atoms with Gasteiger partial charge in [0.05, 0.1) is 23.2 Å². The number of fused-ring (bicyclic) bond motifs is 1. The van der Waals surface area contributed by atoms with Crippen LogP contribution in [-0.4, -0.2) is 27.5 Å². The minimum atomic E-state index is -3.83. The molecule has 0 radical (unpaired) electrons. The van der Waals surface area contributed by atoms with E-state index in [2.05, 4.69) is 5.32 Å². The first-order valence-electron chi connectivity index (χ1n) is 11.0. The number of nitrogens with one attached hydrogen (secondary N) is 1. The largest absolute Gasteiger partial charge is 0.493 e. The lowest BCUT2D eigenvalue weighted by Gasteiger charge is -2.28. The number of ether oxygens (including phenoxy) is 1. The molecule has 0 fully saturated rings. The summed E-state index contributed by atoms with van der Waals surface area (Å²) < 4.78 is 33.9. The highest BCUT2D eigenvalue weighted by Gasteiger charge is 2.27. The van der Waals surface area contributed by atoms with Crippen molar-refractivity contribution in [3.05, 3.63) is 89.5 Å². The minimum absolute atomic E-state index is 0.0377. The highest BCUT2D eigenvalue weighted by Crippen LogP contribution is 2.31. The fourth-order valence-electron chi connectivity index (χ4n) is 3.90. The Morgan fingerprint density at radius 2 is 1.61 bits per heavy atom. The van der Waals surface area contributed by atoms with Crippen molar-refractivity contribution in [2.45, 2.75) is 37.6 Å². The van der Waals surface area contributed by atoms with Crippen LogP contribution in [0.25, 0.3) is 0 Å². The van der Waals surface area contributed by atoms with Crippen molar-refractivity contribution in [1.82, 2.24) is 5.32 Å². The molecule has 1 aliphatic rings. The third kappa shape index (κ3) is 5.20. The Hall–Kier alpha value is -3.32. The van der Waals surface area contributed by atoms with Crippen molar-refractivity contribution in [2.75, 3.05) is 17.5 Å². The number of carbonyl (C=O) groups excluding carboxylic acids is 1. The summed E-state index contributed by atoms with van der Waals surface area (Å²) in [6.07, 6.45) is 0.713. The molecule has 1 unspecified atom stereocenters. The number of nitrogens with zero attached hydrogens (tertiary/aromatic N) is 1. The van der Waals surface area contributed by atoms with Gasteiger partial charge in [0.25, 0.3) is 10.0 Å². The van der Waals surface area contributed by atoms with Gasteiger partial charge < -0.3 is 10.1 Å². The van der Waals surface area contributed by atoms with Gasteiger partial charge >= 0.3 is 0 Å². The Kier molecular flexibility index (Phi) is 6.70. The second-order valence-corrected chi connectivity index (χ2v) is 10.1. The Morgan fingerprint density at radius 1 is 0.970 bits per heavy atom. The maximum absolute atomic E-state index is 13.5. The molecule has 0 saturated carbocycles. The Bertz CT molecular complexity index is 1220. The maximum atomic E-state index is 13.5. The number of hydrogen-bond acceptors (Lipinski definition) is 4. The predicted molar refractivity (Wildman–Crippen MR) is 129 cm³/mol. The standard InChI is InChI=1S/C26H28N2O4S/c1-19-7-11-21(12-8-19)28(33(30,31)22-13-9-20(2)10-14-22)17-15-26(29)27-24-16-18-32-25-6-4-3-5-23(24)25/h3-14,24H,15-18H2,1-2H3,(H,27,29). The first kappa shape index (κ1) is 22.9. The molecule has 1 aliphatic heterocycles. The summed E-state index contributed by atoms with van der Waals surface area (Å²) in [6.45, 7) is 4.42. The van der Waals surface area contributed by atoms with Gasteiger partial charge in [0.1, 0.15) is 5.75 Å². The number of anilines is 1. The second kappa shape index (κ2) is 9.67. The van der Waals surface area contributed by atoms with E-state index in [0.29, 0.717) is 18.7 Å². The SMILES string of the molecule is Cc1ccc(N(CCC(=O)NC2CCOc3ccccc32)S(=O)(=O)c2ccc(C)cc2)cc1. The molecule has 4 rings (SSSR count). The van der Waals surface area contributed by atoms with Gasteiger partial charge in [0.15, 0.2) is 0 Å². The van der Waals surface area contributed by atoms with Crippen LogP contribution in [0.4, 0.5) is 5.69 Å². The van der Waals surface area contributed by atoms with Crippen LogP contribution in [0.2, 0.25) is 0 Å². The molecule has 0 saturated heterocycles. The molecule has 0 bridgehead atoms. The summed E-state index contributed by atoms with van der Waals surface area (Å²) in [5.74, 6) is 0.574. The lowest BCUT2D eigenvalue weighted by Crippen LogP contribution is -2.37. The smallest absolute Gasteiger partial charge is 0.264 e. The molecule has 1 N–H and O–H groups in total. The highest BCUT2D eigenvalue weighted by molar-refractivity contribution is 7.92. The van der Waals surface area contributed by atoms with Crippen molar-refractivity contribution >= 4 is 21.6 Å². The molecule has 7 heteroatoms. The van der Waals surface area contributed by atoms with Crippen molar-refractivity contribution in [3.63, 3.8) is 0 Å². The van der Waals surface area contributed by atoms with E-state index < -0.39 is 10.0 Å². The summed E-state index contributed by atoms with van der Waals surface area (Å²) in [4.78, 5) is 13.0. The Balaban J connectivity index is 1.53. The number of rotatable bonds is 7. The third-order valence-electron chi connectivity index (χ3n) is 5.77. The summed E-state index contributed by atoms with van der Waals surface area (Å²) in [7, 11) is -3.83. The van der Waals surface area contributed by atoms with Crippen molar-refractivity contribution in [1.29, 1.82) is 0 Å². The molecule has 33 heavy (non-hydrogen) atoms. The average molecular weight is 465 g/mol. The van der Waals surface area contributed by atoms with Crippen molar-refractivity contribution in [2.24, 2.45) is 0 Å². The van der Waals surface area contributed by atoms with E-state index in [0.717, 1.165) is 22.4 Å². The number of sulfonamides is 1. The van der Waals surface area contributed by atoms with Gasteiger partial charge in [0, 0.05) is 24.9 Å². The van der Waals surface area contributed by atoms with Crippen LogP contribution in [0, 0.1) is 13.8 Å². The maximum Gasteiger partial charge on any atom is 0.264 e. The van der Waals surface area contributed by atoms with Gasteiger partial charge in [0.2, 0.25) is 5.91 Å². The fraction of sp³-hybridized carbons (Fsp3) is 0.269. The van der Waals surface area contributed by atoms with E-state index in [9.17, 15) is 13.2 Å². The van der Waals surface area contributed by atoms with Crippen LogP contribution in [-0.2, 0) is 14.8 Å². The normalized spacial score (nSPS) is 15.3. The monoisotopic (exact) mass is 464 g/mol. The van der Waals surface area contributed by atoms with Crippen LogP contribution in [0.3, 0.4) is 0 Å². The van der Waals surface area contributed by atoms with E-state index in [-0.39, 0.29) is 29.8 Å². The van der Waals surface area contributed by atoms with E-state index in [4.69, 9.17) is 4.74 Å². The number of carbonyl (C=O) groups is 1. The molecule has 1 amide bonds. The molecular formula is C26H28N2O4S. The zero-order valence-corrected chi connectivity index (χ0v) is 19.6. The predicted octanol–water partition coefficient (Wildman–Crippen LogP) is 4.53.